The van der Waals surface area contributed by atoms with Crippen LogP contribution in [0.15, 0.2) is 36.4 Å². The second-order valence-corrected chi connectivity index (χ2v) is 4.60. The van der Waals surface area contributed by atoms with Crippen LogP contribution in [0.2, 0.25) is 0 Å². The van der Waals surface area contributed by atoms with Crippen LogP contribution >= 0.6 is 0 Å². The molecule has 0 aliphatic carbocycles. The maximum Gasteiger partial charge on any atom is 0.274 e. The van der Waals surface area contributed by atoms with E-state index in [0.717, 1.165) is 12.8 Å². The third-order valence-electron chi connectivity index (χ3n) is 2.99. The van der Waals surface area contributed by atoms with Gasteiger partial charge >= 0.3 is 0 Å². The first-order valence-corrected chi connectivity index (χ1v) is 7.02. The summed E-state index contributed by atoms with van der Waals surface area (Å²) in [5.74, 6) is 0.145. The van der Waals surface area contributed by atoms with E-state index < -0.39 is 5.91 Å². The van der Waals surface area contributed by atoms with Gasteiger partial charge in [-0.25, -0.2) is 0 Å². The highest BCUT2D eigenvalue weighted by Gasteiger charge is 2.10. The molecule has 1 aromatic carbocycles. The summed E-state index contributed by atoms with van der Waals surface area (Å²) in [5, 5.41) is 10.5. The van der Waals surface area contributed by atoms with Crippen molar-refractivity contribution in [1.82, 2.24) is 0 Å². The minimum atomic E-state index is -0.450. The third kappa shape index (κ3) is 5.45. The van der Waals surface area contributed by atoms with E-state index >= 15 is 0 Å². The van der Waals surface area contributed by atoms with Gasteiger partial charge in [0.05, 0.1) is 12.8 Å². The third-order valence-corrected chi connectivity index (χ3v) is 2.99. The van der Waals surface area contributed by atoms with Crippen LogP contribution in [0.3, 0.4) is 0 Å². The molecule has 1 aromatic rings. The minimum Gasteiger partial charge on any atom is -0.497 e. The lowest BCUT2D eigenvalue weighted by atomic mass is 10.1. The van der Waals surface area contributed by atoms with Gasteiger partial charge in [0.1, 0.15) is 5.75 Å². The van der Waals surface area contributed by atoms with E-state index in [1.165, 1.54) is 25.3 Å². The quantitative estimate of drug-likeness (QED) is 0.339. The molecule has 0 fully saturated rings. The summed E-state index contributed by atoms with van der Waals surface area (Å²) in [7, 11) is 1.54. The summed E-state index contributed by atoms with van der Waals surface area (Å²) in [6.45, 7) is 2.16. The van der Waals surface area contributed by atoms with E-state index in [2.05, 4.69) is 6.92 Å². The molecule has 1 rings (SSSR count). The molecule has 0 unspecified atom stereocenters. The van der Waals surface area contributed by atoms with Gasteiger partial charge in [0.2, 0.25) is 0 Å². The van der Waals surface area contributed by atoms with Gasteiger partial charge in [0.15, 0.2) is 0 Å². The Hall–Kier alpha value is -1.81. The number of hydrogen-bond donors (Lipinski definition) is 1. The predicted octanol–water partition coefficient (Wildman–Crippen LogP) is 3.94. The monoisotopic (exact) mass is 277 g/mol. The van der Waals surface area contributed by atoms with Crippen molar-refractivity contribution in [2.24, 2.45) is 0 Å². The van der Waals surface area contributed by atoms with Crippen LogP contribution in [0, 0.1) is 0 Å². The first-order chi connectivity index (χ1) is 9.69. The molecule has 20 heavy (non-hydrogen) atoms. The number of rotatable bonds is 8. The molecule has 0 bridgehead atoms. The molecule has 110 valence electrons. The molecule has 0 saturated carbocycles. The number of allylic oxidation sites excluding steroid dienone is 1. The number of amides is 1. The number of unbranched alkanes of at least 4 members (excludes halogenated alkanes) is 4. The van der Waals surface area contributed by atoms with Crippen molar-refractivity contribution in [2.45, 2.75) is 39.0 Å². The van der Waals surface area contributed by atoms with Crippen molar-refractivity contribution >= 4 is 11.6 Å². The van der Waals surface area contributed by atoms with Gasteiger partial charge in [-0.2, -0.15) is 5.06 Å². The topological polar surface area (TPSA) is 49.8 Å². The van der Waals surface area contributed by atoms with Gasteiger partial charge < -0.3 is 4.74 Å². The second kappa shape index (κ2) is 9.15. The Morgan fingerprint density at radius 2 is 2.15 bits per heavy atom. The number of hydrogen-bond acceptors (Lipinski definition) is 3. The average Bonchev–Trinajstić information content (AvgIpc) is 2.49. The molecule has 1 amide bonds. The number of nitrogens with zero attached hydrogens (tertiary/aromatic N) is 1. The van der Waals surface area contributed by atoms with E-state index in [1.807, 2.05) is 0 Å². The first kappa shape index (κ1) is 16.2. The van der Waals surface area contributed by atoms with Gasteiger partial charge in [-0.15, -0.1) is 0 Å². The zero-order valence-corrected chi connectivity index (χ0v) is 12.2. The summed E-state index contributed by atoms with van der Waals surface area (Å²) >= 11 is 0. The summed E-state index contributed by atoms with van der Waals surface area (Å²) < 4.78 is 5.05. The van der Waals surface area contributed by atoms with Gasteiger partial charge in [-0.05, 0) is 25.0 Å². The van der Waals surface area contributed by atoms with E-state index in [0.29, 0.717) is 16.5 Å². The zero-order chi connectivity index (χ0) is 14.8. The normalized spacial score (nSPS) is 10.8. The van der Waals surface area contributed by atoms with Crippen LogP contribution in [0.5, 0.6) is 5.75 Å². The summed E-state index contributed by atoms with van der Waals surface area (Å²) in [6.07, 6.45) is 8.74. The number of ether oxygens (including phenoxy) is 1. The van der Waals surface area contributed by atoms with Crippen molar-refractivity contribution in [3.05, 3.63) is 36.4 Å². The molecule has 0 aliphatic rings. The lowest BCUT2D eigenvalue weighted by molar-refractivity contribution is -0.118. The van der Waals surface area contributed by atoms with E-state index in [4.69, 9.17) is 4.74 Å². The fourth-order valence-electron chi connectivity index (χ4n) is 1.81. The fourth-order valence-corrected chi connectivity index (χ4v) is 1.81. The smallest absolute Gasteiger partial charge is 0.274 e. The fraction of sp³-hybridized carbons (Fsp3) is 0.438. The number of hydroxylamine groups is 1. The van der Waals surface area contributed by atoms with Crippen LogP contribution < -0.4 is 9.80 Å². The highest BCUT2D eigenvalue weighted by molar-refractivity contribution is 5.99. The molecule has 0 saturated heterocycles. The lowest BCUT2D eigenvalue weighted by Crippen LogP contribution is -2.24. The first-order valence-electron chi connectivity index (χ1n) is 7.02. The Bertz CT molecular complexity index is 443. The van der Waals surface area contributed by atoms with Crippen molar-refractivity contribution in [2.75, 3.05) is 12.2 Å². The maximum atomic E-state index is 11.8. The van der Waals surface area contributed by atoms with Crippen LogP contribution in [-0.2, 0) is 4.79 Å². The number of carbonyl (C=O) groups is 1. The van der Waals surface area contributed by atoms with Gasteiger partial charge in [0, 0.05) is 12.1 Å². The van der Waals surface area contributed by atoms with E-state index in [9.17, 15) is 10.0 Å². The summed E-state index contributed by atoms with van der Waals surface area (Å²) in [6, 6.07) is 6.73. The average molecular weight is 277 g/mol. The van der Waals surface area contributed by atoms with Gasteiger partial charge in [0.25, 0.3) is 5.91 Å². The zero-order valence-electron chi connectivity index (χ0n) is 12.2. The molecule has 0 heterocycles. The number of carbonyl (C=O) groups excluding carboxylic acids is 1. The van der Waals surface area contributed by atoms with Crippen molar-refractivity contribution in [3.8, 4) is 5.75 Å². The van der Waals surface area contributed by atoms with E-state index in [-0.39, 0.29) is 0 Å². The number of anilines is 1. The highest BCUT2D eigenvalue weighted by atomic mass is 16.5. The van der Waals surface area contributed by atoms with Crippen LogP contribution in [-0.4, -0.2) is 18.2 Å². The Balaban J connectivity index is 2.47. The molecule has 4 heteroatoms. The number of methoxy groups -OCH3 is 1. The standard InChI is InChI=1S/C16H23NO3/c1-3-4-5-6-7-8-12-16(18)17(19)14-10-9-11-15(13-14)20-2/h8-13,19H,3-7H2,1-2H3. The van der Waals surface area contributed by atoms with Crippen LogP contribution in [0.1, 0.15) is 39.0 Å². The largest absolute Gasteiger partial charge is 0.497 e. The molecular weight excluding hydrogens is 254 g/mol. The number of benzene rings is 1. The molecule has 4 nitrogen and oxygen atoms in total. The maximum absolute atomic E-state index is 11.8. The molecule has 0 aromatic heterocycles. The minimum absolute atomic E-state index is 0.394. The van der Waals surface area contributed by atoms with Gasteiger partial charge in [-0.3, -0.25) is 10.0 Å². The Morgan fingerprint density at radius 3 is 2.85 bits per heavy atom. The Morgan fingerprint density at radius 1 is 1.35 bits per heavy atom. The molecule has 0 spiro atoms. The molecular formula is C16H23NO3. The lowest BCUT2D eigenvalue weighted by Gasteiger charge is -2.13. The highest BCUT2D eigenvalue weighted by Crippen LogP contribution is 2.19. The van der Waals surface area contributed by atoms with Gasteiger partial charge in [-0.1, -0.05) is 38.3 Å². The SMILES string of the molecule is CCCCCCC=CC(=O)N(O)c1cccc(OC)c1. The second-order valence-electron chi connectivity index (χ2n) is 4.60. The van der Waals surface area contributed by atoms with Crippen LogP contribution in [0.25, 0.3) is 0 Å². The molecule has 1 N–H and O–H groups in total. The Labute approximate surface area is 120 Å². The van der Waals surface area contributed by atoms with Crippen molar-refractivity contribution in [1.29, 1.82) is 0 Å². The van der Waals surface area contributed by atoms with E-state index in [1.54, 1.807) is 37.5 Å². The Kier molecular flexibility index (Phi) is 7.43. The van der Waals surface area contributed by atoms with Crippen molar-refractivity contribution in [3.63, 3.8) is 0 Å². The van der Waals surface area contributed by atoms with Crippen LogP contribution in [0.4, 0.5) is 5.69 Å². The summed E-state index contributed by atoms with van der Waals surface area (Å²) in [4.78, 5) is 11.8. The summed E-state index contributed by atoms with van der Waals surface area (Å²) in [5.41, 5.74) is 0.394. The molecule has 0 radical (unpaired) electrons. The van der Waals surface area contributed by atoms with Crippen molar-refractivity contribution < 1.29 is 14.7 Å². The molecule has 0 aliphatic heterocycles. The predicted molar refractivity (Wildman–Crippen MR) is 80.2 cm³/mol. The molecule has 0 atom stereocenters.